The van der Waals surface area contributed by atoms with E-state index in [0.29, 0.717) is 17.8 Å². The lowest BCUT2D eigenvalue weighted by atomic mass is 10.1. The summed E-state index contributed by atoms with van der Waals surface area (Å²) >= 11 is 0. The standard InChI is InChI=1S/C17H24N4O3/c1-21(2)11-5-10-18-16(23)17(24)20-14-7-4-3-6-13(14)15(22)19-12-8-9-12/h3-4,6-7,12H,5,8-11H2,1-2H3,(H,18,23)(H,19,22)(H,20,24). The number of amides is 3. The lowest BCUT2D eigenvalue weighted by Crippen LogP contribution is -2.37. The Bertz CT molecular complexity index is 612. The van der Waals surface area contributed by atoms with Crippen molar-refractivity contribution in [2.24, 2.45) is 0 Å². The van der Waals surface area contributed by atoms with Gasteiger partial charge < -0.3 is 20.9 Å². The Balaban J connectivity index is 1.88. The van der Waals surface area contributed by atoms with E-state index in [1.165, 1.54) is 0 Å². The number of hydrogen-bond acceptors (Lipinski definition) is 4. The monoisotopic (exact) mass is 332 g/mol. The smallest absolute Gasteiger partial charge is 0.313 e. The molecule has 0 aromatic heterocycles. The summed E-state index contributed by atoms with van der Waals surface area (Å²) in [6.45, 7) is 1.25. The molecule has 1 aliphatic carbocycles. The SMILES string of the molecule is CN(C)CCCNC(=O)C(=O)Nc1ccccc1C(=O)NC1CC1. The molecule has 0 saturated heterocycles. The third-order valence-corrected chi connectivity index (χ3v) is 3.61. The number of benzene rings is 1. The summed E-state index contributed by atoms with van der Waals surface area (Å²) in [5.41, 5.74) is 0.697. The van der Waals surface area contributed by atoms with Crippen LogP contribution in [0, 0.1) is 0 Å². The van der Waals surface area contributed by atoms with Crippen molar-refractivity contribution in [2.45, 2.75) is 25.3 Å². The molecule has 7 heteroatoms. The predicted octanol–water partition coefficient (Wildman–Crippen LogP) is 0.585. The van der Waals surface area contributed by atoms with Gasteiger partial charge in [-0.2, -0.15) is 0 Å². The summed E-state index contributed by atoms with van der Waals surface area (Å²) in [6, 6.07) is 6.89. The highest BCUT2D eigenvalue weighted by Crippen LogP contribution is 2.21. The summed E-state index contributed by atoms with van der Waals surface area (Å²) < 4.78 is 0. The molecule has 3 amide bonds. The van der Waals surface area contributed by atoms with Crippen molar-refractivity contribution >= 4 is 23.4 Å². The molecule has 0 unspecified atom stereocenters. The van der Waals surface area contributed by atoms with Crippen LogP contribution in [-0.2, 0) is 9.59 Å². The number of nitrogens with zero attached hydrogens (tertiary/aromatic N) is 1. The van der Waals surface area contributed by atoms with Crippen LogP contribution in [0.3, 0.4) is 0 Å². The molecule has 0 radical (unpaired) electrons. The highest BCUT2D eigenvalue weighted by molar-refractivity contribution is 6.40. The molecule has 2 rings (SSSR count). The Morgan fingerprint density at radius 1 is 1.12 bits per heavy atom. The fourth-order valence-corrected chi connectivity index (χ4v) is 2.14. The first-order valence-electron chi connectivity index (χ1n) is 8.11. The molecule has 1 aromatic rings. The summed E-state index contributed by atoms with van der Waals surface area (Å²) in [5, 5.41) is 7.95. The molecule has 0 aliphatic heterocycles. The number of para-hydroxylation sites is 1. The average molecular weight is 332 g/mol. The lowest BCUT2D eigenvalue weighted by molar-refractivity contribution is -0.136. The molecule has 7 nitrogen and oxygen atoms in total. The van der Waals surface area contributed by atoms with E-state index in [9.17, 15) is 14.4 Å². The van der Waals surface area contributed by atoms with Gasteiger partial charge >= 0.3 is 11.8 Å². The molecule has 130 valence electrons. The van der Waals surface area contributed by atoms with Crippen molar-refractivity contribution in [3.63, 3.8) is 0 Å². The van der Waals surface area contributed by atoms with Crippen LogP contribution in [0.5, 0.6) is 0 Å². The minimum atomic E-state index is -0.772. The van der Waals surface area contributed by atoms with E-state index in [-0.39, 0.29) is 11.9 Å². The van der Waals surface area contributed by atoms with Crippen molar-refractivity contribution in [1.29, 1.82) is 0 Å². The van der Waals surface area contributed by atoms with Gasteiger partial charge in [0.2, 0.25) is 0 Å². The maximum Gasteiger partial charge on any atom is 0.313 e. The van der Waals surface area contributed by atoms with E-state index in [4.69, 9.17) is 0 Å². The zero-order chi connectivity index (χ0) is 17.5. The molecule has 1 aliphatic rings. The Morgan fingerprint density at radius 2 is 1.83 bits per heavy atom. The number of nitrogens with one attached hydrogen (secondary N) is 3. The number of hydrogen-bond donors (Lipinski definition) is 3. The van der Waals surface area contributed by atoms with Crippen molar-refractivity contribution in [3.8, 4) is 0 Å². The van der Waals surface area contributed by atoms with Crippen LogP contribution in [0.1, 0.15) is 29.6 Å². The van der Waals surface area contributed by atoms with Gasteiger partial charge in [-0.25, -0.2) is 0 Å². The van der Waals surface area contributed by atoms with E-state index >= 15 is 0 Å². The van der Waals surface area contributed by atoms with Crippen LogP contribution >= 0.6 is 0 Å². The van der Waals surface area contributed by atoms with Crippen LogP contribution in [0.25, 0.3) is 0 Å². The molecular formula is C17H24N4O3. The molecule has 1 fully saturated rings. The van der Waals surface area contributed by atoms with Gasteiger partial charge in [0.05, 0.1) is 11.3 Å². The third-order valence-electron chi connectivity index (χ3n) is 3.61. The van der Waals surface area contributed by atoms with Crippen LogP contribution in [0.15, 0.2) is 24.3 Å². The highest BCUT2D eigenvalue weighted by Gasteiger charge is 2.25. The zero-order valence-electron chi connectivity index (χ0n) is 14.1. The zero-order valence-corrected chi connectivity index (χ0v) is 14.1. The van der Waals surface area contributed by atoms with E-state index in [2.05, 4.69) is 16.0 Å². The number of rotatable bonds is 7. The minimum absolute atomic E-state index is 0.223. The first kappa shape index (κ1) is 17.9. The molecular weight excluding hydrogens is 308 g/mol. The fraction of sp³-hybridized carbons (Fsp3) is 0.471. The Labute approximate surface area is 141 Å². The third kappa shape index (κ3) is 5.66. The summed E-state index contributed by atoms with van der Waals surface area (Å²) in [5.74, 6) is -1.71. The summed E-state index contributed by atoms with van der Waals surface area (Å²) in [4.78, 5) is 38.0. The quantitative estimate of drug-likeness (QED) is 0.503. The summed E-state index contributed by atoms with van der Waals surface area (Å²) in [6.07, 6.45) is 2.72. The Morgan fingerprint density at radius 3 is 2.50 bits per heavy atom. The predicted molar refractivity (Wildman–Crippen MR) is 91.7 cm³/mol. The molecule has 0 heterocycles. The number of anilines is 1. The van der Waals surface area contributed by atoms with E-state index in [0.717, 1.165) is 25.8 Å². The van der Waals surface area contributed by atoms with Crippen molar-refractivity contribution in [2.75, 3.05) is 32.5 Å². The molecule has 0 atom stereocenters. The van der Waals surface area contributed by atoms with E-state index in [1.807, 2.05) is 19.0 Å². The second-order valence-electron chi connectivity index (χ2n) is 6.16. The van der Waals surface area contributed by atoms with Gasteiger partial charge in [0, 0.05) is 12.6 Å². The van der Waals surface area contributed by atoms with Gasteiger partial charge in [0.1, 0.15) is 0 Å². The molecule has 0 spiro atoms. The Hall–Kier alpha value is -2.41. The minimum Gasteiger partial charge on any atom is -0.349 e. The van der Waals surface area contributed by atoms with Gasteiger partial charge in [0.15, 0.2) is 0 Å². The van der Waals surface area contributed by atoms with Crippen molar-refractivity contribution < 1.29 is 14.4 Å². The molecule has 24 heavy (non-hydrogen) atoms. The van der Waals surface area contributed by atoms with E-state index in [1.54, 1.807) is 24.3 Å². The van der Waals surface area contributed by atoms with Crippen LogP contribution in [0.2, 0.25) is 0 Å². The maximum absolute atomic E-state index is 12.2. The second-order valence-corrected chi connectivity index (χ2v) is 6.16. The maximum atomic E-state index is 12.2. The fourth-order valence-electron chi connectivity index (χ4n) is 2.14. The normalized spacial score (nSPS) is 13.5. The van der Waals surface area contributed by atoms with Crippen LogP contribution in [-0.4, -0.2) is 55.8 Å². The van der Waals surface area contributed by atoms with E-state index < -0.39 is 11.8 Å². The number of carbonyl (C=O) groups is 3. The average Bonchev–Trinajstić information content (AvgIpc) is 3.35. The Kier molecular flexibility index (Phi) is 6.31. The van der Waals surface area contributed by atoms with Gasteiger partial charge in [-0.05, 0) is 52.0 Å². The van der Waals surface area contributed by atoms with Crippen LogP contribution in [0.4, 0.5) is 5.69 Å². The molecule has 1 aromatic carbocycles. The van der Waals surface area contributed by atoms with Crippen molar-refractivity contribution in [1.82, 2.24) is 15.5 Å². The molecule has 0 bridgehead atoms. The topological polar surface area (TPSA) is 90.5 Å². The first-order chi connectivity index (χ1) is 11.5. The highest BCUT2D eigenvalue weighted by atomic mass is 16.2. The lowest BCUT2D eigenvalue weighted by Gasteiger charge is -2.12. The summed E-state index contributed by atoms with van der Waals surface area (Å²) in [7, 11) is 3.89. The number of carbonyl (C=O) groups excluding carboxylic acids is 3. The molecule has 1 saturated carbocycles. The van der Waals surface area contributed by atoms with Gasteiger partial charge in [-0.3, -0.25) is 14.4 Å². The van der Waals surface area contributed by atoms with Crippen molar-refractivity contribution in [3.05, 3.63) is 29.8 Å². The largest absolute Gasteiger partial charge is 0.349 e. The second kappa shape index (κ2) is 8.44. The van der Waals surface area contributed by atoms with Gasteiger partial charge in [-0.15, -0.1) is 0 Å². The molecule has 3 N–H and O–H groups in total. The van der Waals surface area contributed by atoms with Gasteiger partial charge in [-0.1, -0.05) is 12.1 Å². The first-order valence-corrected chi connectivity index (χ1v) is 8.11. The van der Waals surface area contributed by atoms with Crippen LogP contribution < -0.4 is 16.0 Å². The van der Waals surface area contributed by atoms with Gasteiger partial charge in [0.25, 0.3) is 5.91 Å².